The van der Waals surface area contributed by atoms with Crippen LogP contribution in [0.3, 0.4) is 0 Å². The van der Waals surface area contributed by atoms with E-state index in [1.807, 2.05) is 49.2 Å². The maximum absolute atomic E-state index is 12.0. The second kappa shape index (κ2) is 10.7. The van der Waals surface area contributed by atoms with Crippen LogP contribution in [0.2, 0.25) is 0 Å². The lowest BCUT2D eigenvalue weighted by Crippen LogP contribution is -2.41. The zero-order valence-corrected chi connectivity index (χ0v) is 15.3. The molecular weight excluding hydrogens is 316 g/mol. The molecule has 0 aromatic heterocycles. The van der Waals surface area contributed by atoms with E-state index in [2.05, 4.69) is 15.6 Å². The first-order valence-corrected chi connectivity index (χ1v) is 9.07. The zero-order chi connectivity index (χ0) is 17.9. The van der Waals surface area contributed by atoms with Crippen molar-refractivity contribution in [1.29, 1.82) is 0 Å². The molecule has 6 heteroatoms. The smallest absolute Gasteiger partial charge is 0.242 e. The third kappa shape index (κ3) is 8.03. The second-order valence-corrected chi connectivity index (χ2v) is 6.37. The molecule has 1 aromatic carbocycles. The van der Waals surface area contributed by atoms with Crippen molar-refractivity contribution < 1.29 is 9.53 Å². The maximum Gasteiger partial charge on any atom is 0.242 e. The predicted octanol–water partition coefficient (Wildman–Crippen LogP) is 1.63. The first-order valence-electron chi connectivity index (χ1n) is 9.07. The number of guanidine groups is 1. The van der Waals surface area contributed by atoms with Crippen LogP contribution in [0.1, 0.15) is 25.3 Å². The third-order valence-corrected chi connectivity index (χ3v) is 4.02. The summed E-state index contributed by atoms with van der Waals surface area (Å²) in [5, 5.41) is 6.10. The number of amides is 1. The summed E-state index contributed by atoms with van der Waals surface area (Å²) in [6.45, 7) is 5.71. The predicted molar refractivity (Wildman–Crippen MR) is 100 cm³/mol. The number of carbonyl (C=O) groups is 1. The Morgan fingerprint density at radius 3 is 2.72 bits per heavy atom. The number of nitrogens with zero attached hydrogens (tertiary/aromatic N) is 2. The molecular formula is C19H30N4O2. The van der Waals surface area contributed by atoms with E-state index in [1.54, 1.807) is 0 Å². The maximum atomic E-state index is 12.0. The number of hydrogen-bond donors (Lipinski definition) is 2. The summed E-state index contributed by atoms with van der Waals surface area (Å²) in [6.07, 6.45) is 2.61. The topological polar surface area (TPSA) is 66.0 Å². The molecule has 1 aliphatic rings. The highest BCUT2D eigenvalue weighted by molar-refractivity contribution is 5.84. The number of likely N-dealkylation sites (N-methyl/N-ethyl adjacent to an activating group) is 1. The largest absolute Gasteiger partial charge is 0.379 e. The molecule has 138 valence electrons. The lowest BCUT2D eigenvalue weighted by Gasteiger charge is -2.22. The highest BCUT2D eigenvalue weighted by atomic mass is 16.5. The van der Waals surface area contributed by atoms with Gasteiger partial charge in [0.2, 0.25) is 5.91 Å². The molecule has 0 unspecified atom stereocenters. The highest BCUT2D eigenvalue weighted by Crippen LogP contribution is 2.28. The Morgan fingerprint density at radius 2 is 2.04 bits per heavy atom. The number of hydrogen-bond acceptors (Lipinski definition) is 3. The molecule has 0 bridgehead atoms. The second-order valence-electron chi connectivity index (χ2n) is 6.37. The summed E-state index contributed by atoms with van der Waals surface area (Å²) < 4.78 is 5.67. The Bertz CT molecular complexity index is 544. The van der Waals surface area contributed by atoms with Crippen molar-refractivity contribution in [2.24, 2.45) is 10.9 Å². The van der Waals surface area contributed by atoms with Crippen LogP contribution in [0.5, 0.6) is 0 Å². The number of nitrogens with one attached hydrogen (secondary N) is 2. The lowest BCUT2D eigenvalue weighted by atomic mass is 10.2. The first-order chi connectivity index (χ1) is 12.2. The fourth-order valence-corrected chi connectivity index (χ4v) is 2.31. The molecule has 2 N–H and O–H groups in total. The van der Waals surface area contributed by atoms with Crippen molar-refractivity contribution in [2.45, 2.75) is 26.3 Å². The van der Waals surface area contributed by atoms with E-state index >= 15 is 0 Å². The third-order valence-electron chi connectivity index (χ3n) is 4.02. The van der Waals surface area contributed by atoms with Crippen LogP contribution in [0.4, 0.5) is 0 Å². The number of rotatable bonds is 10. The molecule has 0 saturated heterocycles. The SMILES string of the molecule is CCNC(=NCC(=O)NCc1ccccc1)N(C)CCOCC1CC1. The number of ether oxygens (including phenoxy) is 1. The van der Waals surface area contributed by atoms with E-state index in [9.17, 15) is 4.79 Å². The van der Waals surface area contributed by atoms with Crippen molar-refractivity contribution in [1.82, 2.24) is 15.5 Å². The van der Waals surface area contributed by atoms with Crippen LogP contribution in [0.25, 0.3) is 0 Å². The van der Waals surface area contributed by atoms with E-state index in [1.165, 1.54) is 12.8 Å². The quantitative estimate of drug-likeness (QED) is 0.384. The average Bonchev–Trinajstić information content (AvgIpc) is 3.45. The van der Waals surface area contributed by atoms with Gasteiger partial charge in [0, 0.05) is 33.3 Å². The van der Waals surface area contributed by atoms with Gasteiger partial charge in [-0.15, -0.1) is 0 Å². The molecule has 1 saturated carbocycles. The Hall–Kier alpha value is -2.08. The molecule has 6 nitrogen and oxygen atoms in total. The minimum Gasteiger partial charge on any atom is -0.379 e. The number of carbonyl (C=O) groups excluding carboxylic acids is 1. The molecule has 1 fully saturated rings. The summed E-state index contributed by atoms with van der Waals surface area (Å²) in [6, 6.07) is 9.86. The van der Waals surface area contributed by atoms with Gasteiger partial charge in [0.15, 0.2) is 5.96 Å². The van der Waals surface area contributed by atoms with Crippen LogP contribution in [-0.4, -0.2) is 56.7 Å². The van der Waals surface area contributed by atoms with E-state index in [-0.39, 0.29) is 12.5 Å². The van der Waals surface area contributed by atoms with Crippen LogP contribution in [0.15, 0.2) is 35.3 Å². The van der Waals surface area contributed by atoms with Gasteiger partial charge in [-0.25, -0.2) is 4.99 Å². The minimum atomic E-state index is -0.0855. The monoisotopic (exact) mass is 346 g/mol. The van der Waals surface area contributed by atoms with Crippen LogP contribution in [0, 0.1) is 5.92 Å². The number of benzene rings is 1. The van der Waals surface area contributed by atoms with Gasteiger partial charge in [0.05, 0.1) is 6.61 Å². The fraction of sp³-hybridized carbons (Fsp3) is 0.579. The molecule has 2 rings (SSSR count). The molecule has 0 aliphatic heterocycles. The Labute approximate surface area is 150 Å². The van der Waals surface area contributed by atoms with Crippen molar-refractivity contribution in [2.75, 3.05) is 39.9 Å². The van der Waals surface area contributed by atoms with Gasteiger partial charge >= 0.3 is 0 Å². The van der Waals surface area contributed by atoms with Gasteiger partial charge in [0.25, 0.3) is 0 Å². The van der Waals surface area contributed by atoms with Gasteiger partial charge < -0.3 is 20.3 Å². The summed E-state index contributed by atoms with van der Waals surface area (Å²) in [5.41, 5.74) is 1.08. The highest BCUT2D eigenvalue weighted by Gasteiger charge is 2.21. The van der Waals surface area contributed by atoms with Crippen LogP contribution < -0.4 is 10.6 Å². The van der Waals surface area contributed by atoms with Crippen molar-refractivity contribution >= 4 is 11.9 Å². The molecule has 0 heterocycles. The Kier molecular flexibility index (Phi) is 8.25. The average molecular weight is 346 g/mol. The van der Waals surface area contributed by atoms with Crippen LogP contribution >= 0.6 is 0 Å². The van der Waals surface area contributed by atoms with Crippen molar-refractivity contribution in [3.05, 3.63) is 35.9 Å². The summed E-state index contributed by atoms with van der Waals surface area (Å²) >= 11 is 0. The lowest BCUT2D eigenvalue weighted by molar-refractivity contribution is -0.119. The first kappa shape index (κ1) is 19.2. The zero-order valence-electron chi connectivity index (χ0n) is 15.3. The van der Waals surface area contributed by atoms with Gasteiger partial charge in [-0.2, -0.15) is 0 Å². The van der Waals surface area contributed by atoms with Gasteiger partial charge in [-0.05, 0) is 31.2 Å². The molecule has 1 aromatic rings. The van der Waals surface area contributed by atoms with Gasteiger partial charge in [-0.3, -0.25) is 4.79 Å². The van der Waals surface area contributed by atoms with E-state index < -0.39 is 0 Å². The Balaban J connectivity index is 1.71. The van der Waals surface area contributed by atoms with Crippen molar-refractivity contribution in [3.8, 4) is 0 Å². The summed E-state index contributed by atoms with van der Waals surface area (Å²) in [5.74, 6) is 1.42. The standard InChI is InChI=1S/C19H30N4O2/c1-3-20-19(23(2)11-12-25-15-17-9-10-17)22-14-18(24)21-13-16-7-5-4-6-8-16/h4-8,17H,3,9-15H2,1-2H3,(H,20,22)(H,21,24). The normalized spacial score (nSPS) is 14.2. The molecule has 25 heavy (non-hydrogen) atoms. The molecule has 0 atom stereocenters. The molecule has 0 spiro atoms. The molecule has 1 amide bonds. The summed E-state index contributed by atoms with van der Waals surface area (Å²) in [4.78, 5) is 18.4. The van der Waals surface area contributed by atoms with E-state index in [0.29, 0.717) is 13.2 Å². The van der Waals surface area contributed by atoms with Crippen molar-refractivity contribution in [3.63, 3.8) is 0 Å². The van der Waals surface area contributed by atoms with E-state index in [0.717, 1.165) is 37.1 Å². The Morgan fingerprint density at radius 1 is 1.28 bits per heavy atom. The fourth-order valence-electron chi connectivity index (χ4n) is 2.31. The van der Waals surface area contributed by atoms with Gasteiger partial charge in [0.1, 0.15) is 6.54 Å². The number of aliphatic imine (C=N–C) groups is 1. The van der Waals surface area contributed by atoms with Crippen LogP contribution in [-0.2, 0) is 16.1 Å². The molecule has 1 aliphatic carbocycles. The van der Waals surface area contributed by atoms with E-state index in [4.69, 9.17) is 4.74 Å². The molecule has 0 radical (unpaired) electrons. The minimum absolute atomic E-state index is 0.0855. The summed E-state index contributed by atoms with van der Waals surface area (Å²) in [7, 11) is 1.96. The van der Waals surface area contributed by atoms with Gasteiger partial charge in [-0.1, -0.05) is 30.3 Å².